The maximum atomic E-state index is 11.8. The fraction of sp³-hybridized carbons (Fsp3) is 0.400. The molecule has 4 nitrogen and oxygen atoms in total. The van der Waals surface area contributed by atoms with Gasteiger partial charge >= 0.3 is 0 Å². The zero-order chi connectivity index (χ0) is 13.4. The van der Waals surface area contributed by atoms with E-state index in [1.165, 1.54) is 16.7 Å². The van der Waals surface area contributed by atoms with Gasteiger partial charge in [0.1, 0.15) is 5.70 Å². The van der Waals surface area contributed by atoms with Gasteiger partial charge in [-0.25, -0.2) is 0 Å². The van der Waals surface area contributed by atoms with Crippen LogP contribution < -0.4 is 5.73 Å². The Morgan fingerprint density at radius 1 is 1.37 bits per heavy atom. The fourth-order valence-electron chi connectivity index (χ4n) is 2.77. The summed E-state index contributed by atoms with van der Waals surface area (Å²) < 4.78 is 5.13. The molecule has 0 radical (unpaired) electrons. The predicted molar refractivity (Wildman–Crippen MR) is 72.1 cm³/mol. The second-order valence-electron chi connectivity index (χ2n) is 5.05. The molecule has 0 aromatic heterocycles. The monoisotopic (exact) mass is 258 g/mol. The minimum atomic E-state index is -0.00686. The van der Waals surface area contributed by atoms with Crippen molar-refractivity contribution in [1.29, 1.82) is 0 Å². The number of carbonyl (C=O) groups is 1. The number of rotatable bonds is 2. The Bertz CT molecular complexity index is 563. The van der Waals surface area contributed by atoms with Gasteiger partial charge in [-0.1, -0.05) is 25.1 Å². The summed E-state index contributed by atoms with van der Waals surface area (Å²) in [5.74, 6) is 0.271. The zero-order valence-electron chi connectivity index (χ0n) is 11.1. The molecule has 0 spiro atoms. The first-order chi connectivity index (χ1) is 9.19. The number of Topliss-reactive ketones (excluding diaryl/α,β-unsaturated/α-hetero) is 1. The molecule has 0 saturated carbocycles. The highest BCUT2D eigenvalue weighted by Crippen LogP contribution is 2.26. The van der Waals surface area contributed by atoms with E-state index in [0.717, 1.165) is 25.9 Å². The van der Waals surface area contributed by atoms with Gasteiger partial charge in [-0.3, -0.25) is 4.79 Å². The quantitative estimate of drug-likeness (QED) is 0.869. The standard InChI is InChI=1S/C15H18N2O2/c1-2-10-3-4-11-5-6-17(8-12(11)7-10)14-13(18)9-19-15(14)16/h3-4,7H,2,5-6,8-9,16H2,1H3. The number of aryl methyl sites for hydroxylation is 1. The van der Waals surface area contributed by atoms with Crippen LogP contribution in [0.2, 0.25) is 0 Å². The van der Waals surface area contributed by atoms with Crippen LogP contribution in [0.25, 0.3) is 0 Å². The van der Waals surface area contributed by atoms with Crippen molar-refractivity contribution in [3.63, 3.8) is 0 Å². The van der Waals surface area contributed by atoms with E-state index < -0.39 is 0 Å². The van der Waals surface area contributed by atoms with Crippen molar-refractivity contribution in [1.82, 2.24) is 4.90 Å². The smallest absolute Gasteiger partial charge is 0.221 e. The lowest BCUT2D eigenvalue weighted by molar-refractivity contribution is -0.117. The van der Waals surface area contributed by atoms with E-state index in [1.807, 2.05) is 4.90 Å². The van der Waals surface area contributed by atoms with Crippen LogP contribution in [-0.4, -0.2) is 23.8 Å². The summed E-state index contributed by atoms with van der Waals surface area (Å²) in [7, 11) is 0. The average molecular weight is 258 g/mol. The first-order valence-electron chi connectivity index (χ1n) is 6.70. The van der Waals surface area contributed by atoms with Gasteiger partial charge in [0.2, 0.25) is 11.7 Å². The maximum absolute atomic E-state index is 11.8. The molecule has 4 heteroatoms. The van der Waals surface area contributed by atoms with Gasteiger partial charge in [-0.2, -0.15) is 0 Å². The topological polar surface area (TPSA) is 55.6 Å². The van der Waals surface area contributed by atoms with Crippen molar-refractivity contribution >= 4 is 5.78 Å². The van der Waals surface area contributed by atoms with E-state index in [-0.39, 0.29) is 18.3 Å². The van der Waals surface area contributed by atoms with Crippen LogP contribution in [0.4, 0.5) is 0 Å². The molecule has 0 atom stereocenters. The molecule has 2 heterocycles. The highest BCUT2D eigenvalue weighted by molar-refractivity contribution is 5.98. The third kappa shape index (κ3) is 2.07. The second kappa shape index (κ2) is 4.61. The molecule has 2 aliphatic rings. The Morgan fingerprint density at radius 3 is 2.89 bits per heavy atom. The summed E-state index contributed by atoms with van der Waals surface area (Å²) in [6.07, 6.45) is 1.98. The van der Waals surface area contributed by atoms with Crippen LogP contribution in [0.5, 0.6) is 0 Å². The Labute approximate surface area is 112 Å². The van der Waals surface area contributed by atoms with Gasteiger partial charge in [0.25, 0.3) is 0 Å². The van der Waals surface area contributed by atoms with E-state index in [2.05, 4.69) is 25.1 Å². The molecular weight excluding hydrogens is 240 g/mol. The number of hydrogen-bond donors (Lipinski definition) is 1. The van der Waals surface area contributed by atoms with E-state index in [4.69, 9.17) is 10.5 Å². The molecule has 19 heavy (non-hydrogen) atoms. The van der Waals surface area contributed by atoms with Crippen molar-refractivity contribution in [2.24, 2.45) is 5.73 Å². The Morgan fingerprint density at radius 2 is 2.21 bits per heavy atom. The molecule has 2 aliphatic heterocycles. The molecule has 3 rings (SSSR count). The molecule has 0 unspecified atom stereocenters. The first-order valence-corrected chi connectivity index (χ1v) is 6.70. The van der Waals surface area contributed by atoms with Gasteiger partial charge in [-0.15, -0.1) is 0 Å². The van der Waals surface area contributed by atoms with E-state index in [1.54, 1.807) is 0 Å². The number of nitrogens with two attached hydrogens (primary N) is 1. The minimum absolute atomic E-state index is 0.00686. The van der Waals surface area contributed by atoms with E-state index in [0.29, 0.717) is 5.70 Å². The number of ketones is 1. The van der Waals surface area contributed by atoms with Crippen molar-refractivity contribution < 1.29 is 9.53 Å². The number of hydrogen-bond acceptors (Lipinski definition) is 4. The number of nitrogens with zero attached hydrogens (tertiary/aromatic N) is 1. The van der Waals surface area contributed by atoms with Gasteiger partial charge in [0, 0.05) is 13.1 Å². The third-order valence-corrected chi connectivity index (χ3v) is 3.86. The molecule has 0 amide bonds. The third-order valence-electron chi connectivity index (χ3n) is 3.86. The van der Waals surface area contributed by atoms with Crippen LogP contribution in [0.3, 0.4) is 0 Å². The van der Waals surface area contributed by atoms with Gasteiger partial charge in [0.05, 0.1) is 0 Å². The molecule has 0 bridgehead atoms. The number of carbonyl (C=O) groups excluding carboxylic acids is 1. The van der Waals surface area contributed by atoms with Gasteiger partial charge in [0.15, 0.2) is 6.61 Å². The van der Waals surface area contributed by atoms with Crippen molar-refractivity contribution in [2.75, 3.05) is 13.2 Å². The summed E-state index contributed by atoms with van der Waals surface area (Å²) in [5.41, 5.74) is 10.3. The lowest BCUT2D eigenvalue weighted by Crippen LogP contribution is -2.33. The average Bonchev–Trinajstić information content (AvgIpc) is 2.77. The molecule has 0 fully saturated rings. The first kappa shape index (κ1) is 12.1. The van der Waals surface area contributed by atoms with Crippen molar-refractivity contribution in [3.05, 3.63) is 46.5 Å². The van der Waals surface area contributed by atoms with E-state index >= 15 is 0 Å². The Hall–Kier alpha value is -1.97. The molecule has 0 aliphatic carbocycles. The Kier molecular flexibility index (Phi) is 2.93. The van der Waals surface area contributed by atoms with Crippen molar-refractivity contribution in [3.8, 4) is 0 Å². The number of ether oxygens (including phenoxy) is 1. The minimum Gasteiger partial charge on any atom is -0.469 e. The largest absolute Gasteiger partial charge is 0.469 e. The SMILES string of the molecule is CCc1ccc2c(c1)CN(C1=C(N)OCC1=O)CC2. The van der Waals surface area contributed by atoms with Gasteiger partial charge in [-0.05, 0) is 29.5 Å². The summed E-state index contributed by atoms with van der Waals surface area (Å²) in [6.45, 7) is 3.80. The normalized spacial score (nSPS) is 18.6. The zero-order valence-corrected chi connectivity index (χ0v) is 11.1. The molecule has 0 saturated heterocycles. The van der Waals surface area contributed by atoms with Crippen LogP contribution in [0.1, 0.15) is 23.6 Å². The van der Waals surface area contributed by atoms with Crippen LogP contribution in [-0.2, 0) is 28.9 Å². The molecule has 2 N–H and O–H groups in total. The highest BCUT2D eigenvalue weighted by Gasteiger charge is 2.30. The molecule has 1 aromatic carbocycles. The summed E-state index contributed by atoms with van der Waals surface area (Å²) >= 11 is 0. The highest BCUT2D eigenvalue weighted by atomic mass is 16.5. The molecular formula is C15H18N2O2. The van der Waals surface area contributed by atoms with Crippen LogP contribution in [0.15, 0.2) is 29.8 Å². The predicted octanol–water partition coefficient (Wildman–Crippen LogP) is 1.33. The second-order valence-corrected chi connectivity index (χ2v) is 5.05. The van der Waals surface area contributed by atoms with Crippen molar-refractivity contribution in [2.45, 2.75) is 26.3 Å². The van der Waals surface area contributed by atoms with Crippen LogP contribution in [0, 0.1) is 0 Å². The number of fused-ring (bicyclic) bond motifs is 1. The lowest BCUT2D eigenvalue weighted by Gasteiger charge is -2.30. The fourth-order valence-corrected chi connectivity index (χ4v) is 2.77. The summed E-state index contributed by atoms with van der Waals surface area (Å²) in [4.78, 5) is 13.9. The molecule has 100 valence electrons. The summed E-state index contributed by atoms with van der Waals surface area (Å²) in [6, 6.07) is 6.63. The Balaban J connectivity index is 1.89. The maximum Gasteiger partial charge on any atom is 0.221 e. The van der Waals surface area contributed by atoms with Crippen LogP contribution >= 0.6 is 0 Å². The molecule has 1 aromatic rings. The lowest BCUT2D eigenvalue weighted by atomic mass is 9.96. The summed E-state index contributed by atoms with van der Waals surface area (Å²) in [5, 5.41) is 0. The number of benzene rings is 1. The van der Waals surface area contributed by atoms with E-state index in [9.17, 15) is 4.79 Å². The van der Waals surface area contributed by atoms with Gasteiger partial charge < -0.3 is 15.4 Å².